The van der Waals surface area contributed by atoms with Gasteiger partial charge in [-0.2, -0.15) is 0 Å². The minimum absolute atomic E-state index is 0.100. The van der Waals surface area contributed by atoms with Crippen molar-refractivity contribution in [2.75, 3.05) is 32.9 Å². The van der Waals surface area contributed by atoms with E-state index in [1.54, 1.807) is 24.0 Å². The second-order valence-corrected chi connectivity index (χ2v) is 4.75. The van der Waals surface area contributed by atoms with E-state index in [0.29, 0.717) is 37.6 Å². The fourth-order valence-electron chi connectivity index (χ4n) is 2.02. The molecular formula is C14H19FN2O3. The Bertz CT molecular complexity index is 473. The lowest BCUT2D eigenvalue weighted by atomic mass is 10.1. The van der Waals surface area contributed by atoms with Gasteiger partial charge >= 0.3 is 0 Å². The van der Waals surface area contributed by atoms with Crippen LogP contribution in [0.25, 0.3) is 0 Å². The van der Waals surface area contributed by atoms with Crippen molar-refractivity contribution in [1.82, 2.24) is 4.90 Å². The Morgan fingerprint density at radius 1 is 1.50 bits per heavy atom. The third-order valence-electron chi connectivity index (χ3n) is 3.19. The van der Waals surface area contributed by atoms with Gasteiger partial charge in [-0.15, -0.1) is 0 Å². The quantitative estimate of drug-likeness (QED) is 0.897. The molecule has 1 aliphatic rings. The molecule has 0 unspecified atom stereocenters. The lowest BCUT2D eigenvalue weighted by Gasteiger charge is -2.26. The number of carbonyl (C=O) groups is 1. The lowest BCUT2D eigenvalue weighted by molar-refractivity contribution is -0.137. The molecule has 1 fully saturated rings. The largest absolute Gasteiger partial charge is 0.484 e. The summed E-state index contributed by atoms with van der Waals surface area (Å²) in [6.07, 6.45) is 0. The van der Waals surface area contributed by atoms with Crippen molar-refractivity contribution in [2.24, 2.45) is 5.73 Å². The van der Waals surface area contributed by atoms with E-state index < -0.39 is 5.82 Å². The third-order valence-corrected chi connectivity index (χ3v) is 3.19. The molecule has 1 aromatic carbocycles. The fourth-order valence-corrected chi connectivity index (χ4v) is 2.02. The van der Waals surface area contributed by atoms with E-state index in [1.807, 2.05) is 0 Å². The number of carbonyl (C=O) groups excluding carboxylic acids is 1. The van der Waals surface area contributed by atoms with E-state index in [4.69, 9.17) is 15.2 Å². The maximum Gasteiger partial charge on any atom is 0.260 e. The van der Waals surface area contributed by atoms with Crippen LogP contribution in [0, 0.1) is 5.82 Å². The van der Waals surface area contributed by atoms with Gasteiger partial charge in [0.05, 0.1) is 13.2 Å². The van der Waals surface area contributed by atoms with Crippen LogP contribution in [0.15, 0.2) is 18.2 Å². The van der Waals surface area contributed by atoms with Gasteiger partial charge in [0, 0.05) is 30.8 Å². The van der Waals surface area contributed by atoms with Gasteiger partial charge in [0.1, 0.15) is 11.6 Å². The molecule has 0 saturated carbocycles. The predicted molar refractivity (Wildman–Crippen MR) is 71.9 cm³/mol. The van der Waals surface area contributed by atoms with E-state index in [1.165, 1.54) is 6.07 Å². The Kier molecular flexibility index (Phi) is 4.92. The number of nitrogens with two attached hydrogens (primary N) is 1. The van der Waals surface area contributed by atoms with Crippen molar-refractivity contribution in [3.63, 3.8) is 0 Å². The maximum absolute atomic E-state index is 13.7. The summed E-state index contributed by atoms with van der Waals surface area (Å²) in [4.78, 5) is 13.5. The minimum atomic E-state index is -0.420. The maximum atomic E-state index is 13.7. The molecule has 0 aliphatic carbocycles. The first-order valence-corrected chi connectivity index (χ1v) is 6.61. The molecule has 5 nitrogen and oxygen atoms in total. The smallest absolute Gasteiger partial charge is 0.260 e. The molecule has 1 atom stereocenters. The molecule has 1 heterocycles. The van der Waals surface area contributed by atoms with E-state index in [-0.39, 0.29) is 18.6 Å². The number of halogens is 1. The summed E-state index contributed by atoms with van der Waals surface area (Å²) < 4.78 is 24.2. The Morgan fingerprint density at radius 2 is 2.20 bits per heavy atom. The average Bonchev–Trinajstić information content (AvgIpc) is 2.45. The predicted octanol–water partition coefficient (Wildman–Crippen LogP) is 1.08. The summed E-state index contributed by atoms with van der Waals surface area (Å²) >= 11 is 0. The topological polar surface area (TPSA) is 64.8 Å². The minimum Gasteiger partial charge on any atom is -0.484 e. The van der Waals surface area contributed by atoms with Gasteiger partial charge in [-0.25, -0.2) is 4.39 Å². The molecule has 1 saturated heterocycles. The van der Waals surface area contributed by atoms with Gasteiger partial charge in [0.15, 0.2) is 6.61 Å². The molecule has 0 radical (unpaired) electrons. The number of morpholine rings is 1. The van der Waals surface area contributed by atoms with Crippen LogP contribution in [0.4, 0.5) is 4.39 Å². The van der Waals surface area contributed by atoms with Crippen LogP contribution in [-0.2, 0) is 9.53 Å². The van der Waals surface area contributed by atoms with Crippen molar-refractivity contribution in [3.8, 4) is 5.75 Å². The first-order chi connectivity index (χ1) is 9.58. The van der Waals surface area contributed by atoms with Crippen molar-refractivity contribution < 1.29 is 18.7 Å². The van der Waals surface area contributed by atoms with Gasteiger partial charge < -0.3 is 20.1 Å². The molecule has 0 spiro atoms. The fraction of sp³-hybridized carbons (Fsp3) is 0.500. The Labute approximate surface area is 117 Å². The molecule has 2 N–H and O–H groups in total. The van der Waals surface area contributed by atoms with E-state index in [0.717, 1.165) is 0 Å². The molecule has 6 heteroatoms. The van der Waals surface area contributed by atoms with Gasteiger partial charge in [0.2, 0.25) is 0 Å². The summed E-state index contributed by atoms with van der Waals surface area (Å²) in [5, 5.41) is 0. The number of benzene rings is 1. The van der Waals surface area contributed by atoms with Crippen LogP contribution >= 0.6 is 0 Å². The van der Waals surface area contributed by atoms with Crippen LogP contribution in [-0.4, -0.2) is 43.7 Å². The highest BCUT2D eigenvalue weighted by molar-refractivity contribution is 5.77. The van der Waals surface area contributed by atoms with Crippen molar-refractivity contribution in [2.45, 2.75) is 13.0 Å². The van der Waals surface area contributed by atoms with Gasteiger partial charge in [-0.3, -0.25) is 4.79 Å². The number of ether oxygens (including phenoxy) is 2. The lowest BCUT2D eigenvalue weighted by Crippen LogP contribution is -2.42. The van der Waals surface area contributed by atoms with Gasteiger partial charge in [0.25, 0.3) is 5.91 Å². The molecule has 110 valence electrons. The van der Waals surface area contributed by atoms with Gasteiger partial charge in [-0.05, 0) is 13.0 Å². The summed E-state index contributed by atoms with van der Waals surface area (Å²) in [6, 6.07) is 4.08. The van der Waals surface area contributed by atoms with Crippen molar-refractivity contribution in [3.05, 3.63) is 29.6 Å². The zero-order valence-corrected chi connectivity index (χ0v) is 11.5. The monoisotopic (exact) mass is 282 g/mol. The number of rotatable bonds is 4. The number of nitrogens with zero attached hydrogens (tertiary/aromatic N) is 1. The zero-order chi connectivity index (χ0) is 14.5. The molecule has 0 bridgehead atoms. The summed E-state index contributed by atoms with van der Waals surface area (Å²) in [5.74, 6) is -0.213. The standard InChI is InChI=1S/C14H19FN2O3/c1-10(16)12-3-2-11(8-13(12)15)20-9-14(18)17-4-6-19-7-5-17/h2-3,8,10H,4-7,9,16H2,1H3/t10-/m1/s1. The van der Waals surface area contributed by atoms with Crippen LogP contribution in [0.1, 0.15) is 18.5 Å². The molecular weight excluding hydrogens is 263 g/mol. The first-order valence-electron chi connectivity index (χ1n) is 6.61. The average molecular weight is 282 g/mol. The van der Waals surface area contributed by atoms with Crippen molar-refractivity contribution in [1.29, 1.82) is 0 Å². The van der Waals surface area contributed by atoms with Crippen molar-refractivity contribution >= 4 is 5.91 Å². The van der Waals surface area contributed by atoms with Gasteiger partial charge in [-0.1, -0.05) is 6.07 Å². The Balaban J connectivity index is 1.90. The van der Waals surface area contributed by atoms with Crippen LogP contribution in [0.2, 0.25) is 0 Å². The Morgan fingerprint density at radius 3 is 2.80 bits per heavy atom. The van der Waals surface area contributed by atoms with Crippen LogP contribution in [0.3, 0.4) is 0 Å². The highest BCUT2D eigenvalue weighted by Gasteiger charge is 2.17. The molecule has 1 aromatic rings. The molecule has 20 heavy (non-hydrogen) atoms. The summed E-state index contributed by atoms with van der Waals surface area (Å²) in [7, 11) is 0. The summed E-state index contributed by atoms with van der Waals surface area (Å²) in [5.41, 5.74) is 6.06. The molecule has 1 amide bonds. The van der Waals surface area contributed by atoms with E-state index in [9.17, 15) is 9.18 Å². The highest BCUT2D eigenvalue weighted by atomic mass is 19.1. The second kappa shape index (κ2) is 6.67. The molecule has 0 aromatic heterocycles. The van der Waals surface area contributed by atoms with E-state index >= 15 is 0 Å². The first kappa shape index (κ1) is 14.7. The molecule has 1 aliphatic heterocycles. The highest BCUT2D eigenvalue weighted by Crippen LogP contribution is 2.20. The number of amides is 1. The Hall–Kier alpha value is -1.66. The SMILES string of the molecule is C[C@@H](N)c1ccc(OCC(=O)N2CCOCC2)cc1F. The molecule has 2 rings (SSSR count). The summed E-state index contributed by atoms with van der Waals surface area (Å²) in [6.45, 7) is 3.84. The normalized spacial score (nSPS) is 16.9. The van der Waals surface area contributed by atoms with Crippen LogP contribution < -0.4 is 10.5 Å². The second-order valence-electron chi connectivity index (χ2n) is 4.75. The van der Waals surface area contributed by atoms with E-state index in [2.05, 4.69) is 0 Å². The zero-order valence-electron chi connectivity index (χ0n) is 11.5. The number of hydrogen-bond donors (Lipinski definition) is 1. The van der Waals surface area contributed by atoms with Crippen LogP contribution in [0.5, 0.6) is 5.75 Å². The number of hydrogen-bond acceptors (Lipinski definition) is 4. The third kappa shape index (κ3) is 3.68.